The number of likely N-dealkylation sites (N-methyl/N-ethyl adjacent to an activating group) is 1. The summed E-state index contributed by atoms with van der Waals surface area (Å²) in [6, 6.07) is 7.80. The van der Waals surface area contributed by atoms with Gasteiger partial charge in [-0.3, -0.25) is 14.5 Å². The Kier molecular flexibility index (Phi) is 6.62. The summed E-state index contributed by atoms with van der Waals surface area (Å²) in [5.74, 6) is -0.404. The molecule has 2 rings (SSSR count). The van der Waals surface area contributed by atoms with E-state index < -0.39 is 17.6 Å². The molecule has 2 aromatic rings. The summed E-state index contributed by atoms with van der Waals surface area (Å²) in [4.78, 5) is 25.4. The van der Waals surface area contributed by atoms with Gasteiger partial charge in [-0.05, 0) is 38.2 Å². The third-order valence-electron chi connectivity index (χ3n) is 3.68. The number of anilines is 1. The summed E-state index contributed by atoms with van der Waals surface area (Å²) < 4.78 is 44.0. The second-order valence-electron chi connectivity index (χ2n) is 6.07. The molecule has 0 aliphatic heterocycles. The molecule has 0 aliphatic rings. The molecule has 0 bridgehead atoms. The number of rotatable bonds is 7. The number of hydrogen-bond acceptors (Lipinski definition) is 4. The Hall–Kier alpha value is -2.81. The predicted molar refractivity (Wildman–Crippen MR) is 92.8 cm³/mol. The fourth-order valence-corrected chi connectivity index (χ4v) is 2.47. The van der Waals surface area contributed by atoms with Gasteiger partial charge in [0.15, 0.2) is 0 Å². The van der Waals surface area contributed by atoms with Crippen LogP contribution in [0.5, 0.6) is 0 Å². The molecule has 1 heterocycles. The summed E-state index contributed by atoms with van der Waals surface area (Å²) >= 11 is 0. The van der Waals surface area contributed by atoms with E-state index in [2.05, 4.69) is 10.6 Å². The van der Waals surface area contributed by atoms with Crippen LogP contribution >= 0.6 is 0 Å². The zero-order valence-electron chi connectivity index (χ0n) is 14.8. The summed E-state index contributed by atoms with van der Waals surface area (Å²) in [7, 11) is 1.52. The number of benzene rings is 1. The van der Waals surface area contributed by atoms with Gasteiger partial charge in [0.25, 0.3) is 0 Å². The lowest BCUT2D eigenvalue weighted by atomic mass is 10.1. The number of carbonyl (C=O) groups excluding carboxylic acids is 2. The molecule has 9 heteroatoms. The van der Waals surface area contributed by atoms with Gasteiger partial charge in [-0.2, -0.15) is 13.2 Å². The molecule has 1 aromatic carbocycles. The lowest BCUT2D eigenvalue weighted by molar-refractivity contribution is -0.137. The van der Waals surface area contributed by atoms with E-state index >= 15 is 0 Å². The van der Waals surface area contributed by atoms with Crippen molar-refractivity contribution >= 4 is 17.5 Å². The van der Waals surface area contributed by atoms with E-state index in [-0.39, 0.29) is 30.7 Å². The van der Waals surface area contributed by atoms with Crippen molar-refractivity contribution in [1.82, 2.24) is 10.2 Å². The number of furan rings is 1. The van der Waals surface area contributed by atoms with Gasteiger partial charge >= 0.3 is 6.18 Å². The molecule has 146 valence electrons. The Morgan fingerprint density at radius 2 is 1.78 bits per heavy atom. The molecule has 1 atom stereocenters. The van der Waals surface area contributed by atoms with Crippen LogP contribution in [0.25, 0.3) is 0 Å². The van der Waals surface area contributed by atoms with Crippen LogP contribution in [-0.4, -0.2) is 36.9 Å². The number of carbonyl (C=O) groups is 2. The standard InChI is InChI=1S/C18H20F3N3O3/c1-12(15-8-5-9-27-15)22-16(25)10-24(2)11-17(26)23-14-7-4-3-6-13(14)18(19,20)21/h3-9,12H,10-11H2,1-2H3,(H,22,25)(H,23,26)/t12-/m0/s1. The lowest BCUT2D eigenvalue weighted by Gasteiger charge is -2.19. The Morgan fingerprint density at radius 1 is 1.11 bits per heavy atom. The molecule has 0 radical (unpaired) electrons. The first-order valence-corrected chi connectivity index (χ1v) is 8.14. The molecule has 0 spiro atoms. The quantitative estimate of drug-likeness (QED) is 0.771. The van der Waals surface area contributed by atoms with Gasteiger partial charge in [-0.15, -0.1) is 0 Å². The number of para-hydroxylation sites is 1. The monoisotopic (exact) mass is 383 g/mol. The average molecular weight is 383 g/mol. The van der Waals surface area contributed by atoms with Crippen LogP contribution in [-0.2, 0) is 15.8 Å². The Labute approximate surface area is 154 Å². The summed E-state index contributed by atoms with van der Waals surface area (Å²) in [5, 5.41) is 4.95. The topological polar surface area (TPSA) is 74.6 Å². The lowest BCUT2D eigenvalue weighted by Crippen LogP contribution is -2.39. The van der Waals surface area contributed by atoms with Gasteiger partial charge in [-0.1, -0.05) is 12.1 Å². The van der Waals surface area contributed by atoms with Crippen molar-refractivity contribution in [3.63, 3.8) is 0 Å². The molecule has 0 saturated carbocycles. The van der Waals surface area contributed by atoms with Gasteiger partial charge in [0.05, 0.1) is 36.6 Å². The van der Waals surface area contributed by atoms with Crippen LogP contribution in [0.2, 0.25) is 0 Å². The van der Waals surface area contributed by atoms with Gasteiger partial charge in [0, 0.05) is 0 Å². The van der Waals surface area contributed by atoms with E-state index in [4.69, 9.17) is 4.42 Å². The van der Waals surface area contributed by atoms with Crippen molar-refractivity contribution < 1.29 is 27.2 Å². The van der Waals surface area contributed by atoms with Crippen LogP contribution in [0.3, 0.4) is 0 Å². The molecule has 27 heavy (non-hydrogen) atoms. The first-order valence-electron chi connectivity index (χ1n) is 8.14. The molecule has 2 N–H and O–H groups in total. The molecule has 0 unspecified atom stereocenters. The normalized spacial score (nSPS) is 12.7. The van der Waals surface area contributed by atoms with E-state index in [0.29, 0.717) is 5.76 Å². The van der Waals surface area contributed by atoms with Crippen molar-refractivity contribution in [2.75, 3.05) is 25.5 Å². The van der Waals surface area contributed by atoms with Crippen molar-refractivity contribution in [2.45, 2.75) is 19.1 Å². The number of nitrogens with zero attached hydrogens (tertiary/aromatic N) is 1. The Morgan fingerprint density at radius 3 is 2.41 bits per heavy atom. The maximum absolute atomic E-state index is 12.9. The smallest absolute Gasteiger partial charge is 0.418 e. The molecule has 0 fully saturated rings. The minimum atomic E-state index is -4.57. The Balaban J connectivity index is 1.86. The first kappa shape index (κ1) is 20.5. The van der Waals surface area contributed by atoms with Gasteiger partial charge in [0.1, 0.15) is 5.76 Å². The van der Waals surface area contributed by atoms with Crippen LogP contribution in [0, 0.1) is 0 Å². The SMILES string of the molecule is C[C@H](NC(=O)CN(C)CC(=O)Nc1ccccc1C(F)(F)F)c1ccco1. The summed E-state index contributed by atoms with van der Waals surface area (Å²) in [6.07, 6.45) is -3.08. The highest BCUT2D eigenvalue weighted by atomic mass is 19.4. The first-order chi connectivity index (χ1) is 12.7. The van der Waals surface area contributed by atoms with E-state index in [1.165, 1.54) is 36.4 Å². The minimum absolute atomic E-state index is 0.0978. The van der Waals surface area contributed by atoms with Crippen molar-refractivity contribution in [1.29, 1.82) is 0 Å². The largest absolute Gasteiger partial charge is 0.467 e. The number of alkyl halides is 3. The van der Waals surface area contributed by atoms with Crippen molar-refractivity contribution in [2.24, 2.45) is 0 Å². The molecule has 0 aliphatic carbocycles. The van der Waals surface area contributed by atoms with Crippen LogP contribution in [0.15, 0.2) is 47.1 Å². The van der Waals surface area contributed by atoms with Gasteiger partial charge in [0.2, 0.25) is 11.8 Å². The molecule has 6 nitrogen and oxygen atoms in total. The summed E-state index contributed by atoms with van der Waals surface area (Å²) in [5.41, 5.74) is -1.25. The summed E-state index contributed by atoms with van der Waals surface area (Å²) in [6.45, 7) is 1.41. The number of hydrogen-bond donors (Lipinski definition) is 2. The van der Waals surface area contributed by atoms with E-state index in [9.17, 15) is 22.8 Å². The average Bonchev–Trinajstić information content (AvgIpc) is 3.08. The number of halogens is 3. The second kappa shape index (κ2) is 8.72. The fraction of sp³-hybridized carbons (Fsp3) is 0.333. The zero-order chi connectivity index (χ0) is 20.0. The Bertz CT molecular complexity index is 776. The number of amides is 2. The van der Waals surface area contributed by atoms with E-state index in [1.807, 2.05) is 0 Å². The zero-order valence-corrected chi connectivity index (χ0v) is 14.8. The molecular formula is C18H20F3N3O3. The molecular weight excluding hydrogens is 363 g/mol. The van der Waals surface area contributed by atoms with Crippen molar-refractivity contribution in [3.8, 4) is 0 Å². The van der Waals surface area contributed by atoms with Crippen LogP contribution in [0.1, 0.15) is 24.3 Å². The van der Waals surface area contributed by atoms with Gasteiger partial charge in [-0.25, -0.2) is 0 Å². The highest BCUT2D eigenvalue weighted by Gasteiger charge is 2.33. The van der Waals surface area contributed by atoms with Crippen LogP contribution < -0.4 is 10.6 Å². The third-order valence-corrected chi connectivity index (χ3v) is 3.68. The molecule has 0 saturated heterocycles. The minimum Gasteiger partial charge on any atom is -0.467 e. The van der Waals surface area contributed by atoms with E-state index in [0.717, 1.165) is 6.07 Å². The maximum Gasteiger partial charge on any atom is 0.418 e. The molecule has 1 aromatic heterocycles. The van der Waals surface area contributed by atoms with Crippen molar-refractivity contribution in [3.05, 3.63) is 54.0 Å². The van der Waals surface area contributed by atoms with Crippen LogP contribution in [0.4, 0.5) is 18.9 Å². The molecule has 2 amide bonds. The third kappa shape index (κ3) is 6.14. The second-order valence-corrected chi connectivity index (χ2v) is 6.07. The van der Waals surface area contributed by atoms with E-state index in [1.54, 1.807) is 19.1 Å². The predicted octanol–water partition coefficient (Wildman–Crippen LogP) is 3.05. The maximum atomic E-state index is 12.9. The highest BCUT2D eigenvalue weighted by Crippen LogP contribution is 2.34. The highest BCUT2D eigenvalue weighted by molar-refractivity contribution is 5.93. The fourth-order valence-electron chi connectivity index (χ4n) is 2.47. The van der Waals surface area contributed by atoms with Gasteiger partial charge < -0.3 is 15.1 Å². The number of nitrogens with one attached hydrogen (secondary N) is 2.